The fourth-order valence-corrected chi connectivity index (χ4v) is 4.74. The quantitative estimate of drug-likeness (QED) is 0.345. The lowest BCUT2D eigenvalue weighted by Crippen LogP contribution is -2.29. The molecule has 0 unspecified atom stereocenters. The van der Waals surface area contributed by atoms with Crippen LogP contribution in [0.4, 0.5) is 10.5 Å². The molecule has 2 amide bonds. The van der Waals surface area contributed by atoms with Crippen molar-refractivity contribution in [3.05, 3.63) is 87.3 Å². The van der Waals surface area contributed by atoms with Crippen LogP contribution in [0.3, 0.4) is 0 Å². The Hall–Kier alpha value is -3.69. The third-order valence-corrected chi connectivity index (χ3v) is 6.39. The van der Waals surface area contributed by atoms with Crippen molar-refractivity contribution in [2.24, 2.45) is 0 Å². The van der Waals surface area contributed by atoms with E-state index in [-0.39, 0.29) is 12.3 Å². The number of nitrogens with zero attached hydrogens (tertiary/aromatic N) is 3. The van der Waals surface area contributed by atoms with Gasteiger partial charge in [0.15, 0.2) is 11.6 Å². The molecule has 0 fully saturated rings. The van der Waals surface area contributed by atoms with Crippen molar-refractivity contribution in [2.75, 3.05) is 12.4 Å². The standard InChI is InChI=1S/C24H22ClN5O3S/c1-14-11-19(22(31)18-9-4-5-10-20(18)25)23(34-14)30-15(2)28-29-21(30)13-26-24(32)27-16-7-6-8-17(12-16)33-3/h4-12H,13H2,1-3H3,(H2,26,27,32). The van der Waals surface area contributed by atoms with E-state index in [0.717, 1.165) is 4.88 Å². The summed E-state index contributed by atoms with van der Waals surface area (Å²) in [5, 5.41) is 15.0. The highest BCUT2D eigenvalue weighted by Crippen LogP contribution is 2.31. The van der Waals surface area contributed by atoms with Gasteiger partial charge < -0.3 is 15.4 Å². The topological polar surface area (TPSA) is 98.1 Å². The largest absolute Gasteiger partial charge is 0.497 e. The van der Waals surface area contributed by atoms with Crippen molar-refractivity contribution >= 4 is 40.4 Å². The predicted octanol–water partition coefficient (Wildman–Crippen LogP) is 5.16. The Morgan fingerprint density at radius 3 is 2.62 bits per heavy atom. The van der Waals surface area contributed by atoms with Gasteiger partial charge in [0.2, 0.25) is 0 Å². The summed E-state index contributed by atoms with van der Waals surface area (Å²) in [5.41, 5.74) is 1.52. The average Bonchev–Trinajstić information content (AvgIpc) is 3.39. The minimum absolute atomic E-state index is 0.104. The van der Waals surface area contributed by atoms with Gasteiger partial charge in [-0.05, 0) is 44.2 Å². The Morgan fingerprint density at radius 1 is 1.06 bits per heavy atom. The summed E-state index contributed by atoms with van der Waals surface area (Å²) in [6.45, 7) is 3.83. The predicted molar refractivity (Wildman–Crippen MR) is 132 cm³/mol. The number of hydrogen-bond acceptors (Lipinski definition) is 6. The summed E-state index contributed by atoms with van der Waals surface area (Å²) in [4.78, 5) is 26.7. The Labute approximate surface area is 205 Å². The lowest BCUT2D eigenvalue weighted by Gasteiger charge is -2.11. The van der Waals surface area contributed by atoms with Crippen LogP contribution in [0.15, 0.2) is 54.6 Å². The zero-order valence-electron chi connectivity index (χ0n) is 18.8. The van der Waals surface area contributed by atoms with E-state index in [1.807, 2.05) is 13.0 Å². The third-order valence-electron chi connectivity index (χ3n) is 5.03. The van der Waals surface area contributed by atoms with Gasteiger partial charge in [-0.3, -0.25) is 9.36 Å². The molecule has 10 heteroatoms. The number of aromatic nitrogens is 3. The average molecular weight is 496 g/mol. The van der Waals surface area contributed by atoms with Crippen molar-refractivity contribution in [3.63, 3.8) is 0 Å². The molecule has 0 aliphatic heterocycles. The molecule has 0 aliphatic carbocycles. The highest BCUT2D eigenvalue weighted by atomic mass is 35.5. The van der Waals surface area contributed by atoms with Gasteiger partial charge in [0.25, 0.3) is 0 Å². The normalized spacial score (nSPS) is 10.7. The van der Waals surface area contributed by atoms with Crippen molar-refractivity contribution in [1.82, 2.24) is 20.1 Å². The molecule has 0 spiro atoms. The molecule has 8 nitrogen and oxygen atoms in total. The molecule has 2 aromatic carbocycles. The number of carbonyl (C=O) groups excluding carboxylic acids is 2. The fraction of sp³-hybridized carbons (Fsp3) is 0.167. The number of halogens is 1. The van der Waals surface area contributed by atoms with Gasteiger partial charge >= 0.3 is 6.03 Å². The summed E-state index contributed by atoms with van der Waals surface area (Å²) in [7, 11) is 1.56. The Bertz CT molecular complexity index is 1360. The second kappa shape index (κ2) is 10.1. The third kappa shape index (κ3) is 4.95. The number of hydrogen-bond donors (Lipinski definition) is 2. The summed E-state index contributed by atoms with van der Waals surface area (Å²) in [6, 6.07) is 15.4. The van der Waals surface area contributed by atoms with Crippen molar-refractivity contribution in [3.8, 4) is 10.8 Å². The maximum absolute atomic E-state index is 13.3. The minimum atomic E-state index is -0.407. The van der Waals surface area contributed by atoms with Crippen LogP contribution in [0.1, 0.15) is 32.4 Å². The molecule has 2 heterocycles. The number of anilines is 1. The van der Waals surface area contributed by atoms with E-state index in [1.165, 1.54) is 11.3 Å². The number of rotatable bonds is 7. The molecule has 2 N–H and O–H groups in total. The van der Waals surface area contributed by atoms with Crippen LogP contribution in [0.2, 0.25) is 5.02 Å². The van der Waals surface area contributed by atoms with Gasteiger partial charge in [0, 0.05) is 22.2 Å². The number of urea groups is 1. The number of benzene rings is 2. The number of ketones is 1. The monoisotopic (exact) mass is 495 g/mol. The highest BCUT2D eigenvalue weighted by molar-refractivity contribution is 7.15. The molecule has 0 saturated carbocycles. The fourth-order valence-electron chi connectivity index (χ4n) is 3.44. The zero-order valence-corrected chi connectivity index (χ0v) is 20.3. The molecule has 0 aliphatic rings. The molecular weight excluding hydrogens is 474 g/mol. The van der Waals surface area contributed by atoms with Crippen LogP contribution in [-0.2, 0) is 6.54 Å². The van der Waals surface area contributed by atoms with Crippen molar-refractivity contribution in [2.45, 2.75) is 20.4 Å². The van der Waals surface area contributed by atoms with Crippen LogP contribution in [0.25, 0.3) is 5.00 Å². The van der Waals surface area contributed by atoms with E-state index < -0.39 is 6.03 Å². The number of methoxy groups -OCH3 is 1. The van der Waals surface area contributed by atoms with Crippen LogP contribution >= 0.6 is 22.9 Å². The van der Waals surface area contributed by atoms with E-state index >= 15 is 0 Å². The minimum Gasteiger partial charge on any atom is -0.497 e. The zero-order chi connectivity index (χ0) is 24.2. The highest BCUT2D eigenvalue weighted by Gasteiger charge is 2.23. The molecule has 4 aromatic rings. The van der Waals surface area contributed by atoms with Crippen LogP contribution < -0.4 is 15.4 Å². The van der Waals surface area contributed by atoms with Gasteiger partial charge in [-0.25, -0.2) is 4.79 Å². The summed E-state index contributed by atoms with van der Waals surface area (Å²) >= 11 is 7.72. The van der Waals surface area contributed by atoms with Gasteiger partial charge in [-0.2, -0.15) is 0 Å². The summed E-state index contributed by atoms with van der Waals surface area (Å²) in [5.74, 6) is 1.54. The van der Waals surface area contributed by atoms with E-state index in [9.17, 15) is 9.59 Å². The van der Waals surface area contributed by atoms with Crippen LogP contribution in [0.5, 0.6) is 5.75 Å². The number of ether oxygens (including phenoxy) is 1. The van der Waals surface area contributed by atoms with E-state index in [1.54, 1.807) is 67.1 Å². The van der Waals surface area contributed by atoms with Crippen LogP contribution in [-0.4, -0.2) is 33.7 Å². The molecule has 34 heavy (non-hydrogen) atoms. The second-order valence-corrected chi connectivity index (χ2v) is 9.07. The van der Waals surface area contributed by atoms with Gasteiger partial charge in [0.05, 0.1) is 24.2 Å². The van der Waals surface area contributed by atoms with Gasteiger partial charge in [0.1, 0.15) is 16.6 Å². The molecule has 2 aromatic heterocycles. The lowest BCUT2D eigenvalue weighted by atomic mass is 10.0. The van der Waals surface area contributed by atoms with Gasteiger partial charge in [-0.15, -0.1) is 21.5 Å². The first-order chi connectivity index (χ1) is 16.4. The maximum Gasteiger partial charge on any atom is 0.319 e. The Kier molecular flexibility index (Phi) is 6.95. The molecule has 0 atom stereocenters. The number of aryl methyl sites for hydroxylation is 2. The molecule has 0 bridgehead atoms. The Morgan fingerprint density at radius 2 is 1.85 bits per heavy atom. The maximum atomic E-state index is 13.3. The number of amides is 2. The lowest BCUT2D eigenvalue weighted by molar-refractivity contribution is 0.103. The first-order valence-electron chi connectivity index (χ1n) is 10.4. The second-order valence-electron chi connectivity index (χ2n) is 7.42. The smallest absolute Gasteiger partial charge is 0.319 e. The van der Waals surface area contributed by atoms with Crippen LogP contribution in [0, 0.1) is 13.8 Å². The molecular formula is C24H22ClN5O3S. The first-order valence-corrected chi connectivity index (χ1v) is 11.6. The van der Waals surface area contributed by atoms with Gasteiger partial charge in [-0.1, -0.05) is 29.8 Å². The number of thiophene rings is 1. The molecule has 4 rings (SSSR count). The van der Waals surface area contributed by atoms with E-state index in [2.05, 4.69) is 20.8 Å². The van der Waals surface area contributed by atoms with Crippen molar-refractivity contribution < 1.29 is 14.3 Å². The summed E-state index contributed by atoms with van der Waals surface area (Å²) < 4.78 is 6.96. The Balaban J connectivity index is 1.57. The molecule has 0 saturated heterocycles. The van der Waals surface area contributed by atoms with Crippen molar-refractivity contribution in [1.29, 1.82) is 0 Å². The number of nitrogens with one attached hydrogen (secondary N) is 2. The molecule has 0 radical (unpaired) electrons. The first kappa shape index (κ1) is 23.5. The van der Waals surface area contributed by atoms with E-state index in [0.29, 0.717) is 44.2 Å². The number of carbonyl (C=O) groups is 2. The molecule has 174 valence electrons. The van der Waals surface area contributed by atoms with E-state index in [4.69, 9.17) is 16.3 Å². The summed E-state index contributed by atoms with van der Waals surface area (Å²) in [6.07, 6.45) is 0. The SMILES string of the molecule is COc1cccc(NC(=O)NCc2nnc(C)n2-c2sc(C)cc2C(=O)c2ccccc2Cl)c1.